The summed E-state index contributed by atoms with van der Waals surface area (Å²) in [6, 6.07) is 20.6. The van der Waals surface area contributed by atoms with E-state index in [1.54, 1.807) is 18.2 Å². The van der Waals surface area contributed by atoms with Crippen LogP contribution in [0.25, 0.3) is 11.1 Å². The van der Waals surface area contributed by atoms with Crippen LogP contribution in [0.4, 0.5) is 0 Å². The highest BCUT2D eigenvalue weighted by molar-refractivity contribution is 5.93. The Morgan fingerprint density at radius 2 is 1.69 bits per heavy atom. The molecule has 7 nitrogen and oxygen atoms in total. The van der Waals surface area contributed by atoms with Crippen molar-refractivity contribution in [2.45, 2.75) is 39.3 Å². The molecule has 2 amide bonds. The maximum atomic E-state index is 11.3. The summed E-state index contributed by atoms with van der Waals surface area (Å²) in [6.45, 7) is 7.28. The van der Waals surface area contributed by atoms with Gasteiger partial charge in [-0.2, -0.15) is 0 Å². The smallest absolute Gasteiger partial charge is 0.335 e. The number of benzene rings is 3. The molecule has 1 heterocycles. The van der Waals surface area contributed by atoms with Crippen molar-refractivity contribution in [2.24, 2.45) is 5.73 Å². The first-order valence-corrected chi connectivity index (χ1v) is 12.0. The molecule has 1 aliphatic heterocycles. The zero-order valence-corrected chi connectivity index (χ0v) is 20.7. The third kappa shape index (κ3) is 7.26. The molecule has 0 bridgehead atoms. The molecule has 1 aliphatic rings. The van der Waals surface area contributed by atoms with Crippen molar-refractivity contribution in [3.8, 4) is 11.1 Å². The Balaban J connectivity index is 0.000000223. The van der Waals surface area contributed by atoms with E-state index in [4.69, 9.17) is 10.8 Å². The molecule has 3 aromatic carbocycles. The summed E-state index contributed by atoms with van der Waals surface area (Å²) in [6.07, 6.45) is 3.25. The van der Waals surface area contributed by atoms with Crippen LogP contribution >= 0.6 is 0 Å². The lowest BCUT2D eigenvalue weighted by Gasteiger charge is -2.15. The first-order valence-electron chi connectivity index (χ1n) is 12.0. The summed E-state index contributed by atoms with van der Waals surface area (Å²) in [7, 11) is 0. The van der Waals surface area contributed by atoms with Crippen LogP contribution in [0.5, 0.6) is 0 Å². The second kappa shape index (κ2) is 12.7. The Morgan fingerprint density at radius 3 is 2.28 bits per heavy atom. The predicted octanol–water partition coefficient (Wildman–Crippen LogP) is 4.55. The number of carbonyl (C=O) groups is 3. The Labute approximate surface area is 211 Å². The van der Waals surface area contributed by atoms with Gasteiger partial charge < -0.3 is 16.2 Å². The third-order valence-electron chi connectivity index (χ3n) is 6.33. The molecule has 3 aromatic rings. The average Bonchev–Trinajstić information content (AvgIpc) is 3.38. The molecule has 0 spiro atoms. The fourth-order valence-electron chi connectivity index (χ4n) is 4.29. The molecule has 0 aliphatic carbocycles. The monoisotopic (exact) mass is 487 g/mol. The van der Waals surface area contributed by atoms with Crippen molar-refractivity contribution in [1.29, 1.82) is 0 Å². The number of aromatic carboxylic acids is 1. The van der Waals surface area contributed by atoms with Gasteiger partial charge in [-0.3, -0.25) is 14.5 Å². The third-order valence-corrected chi connectivity index (χ3v) is 6.33. The molecule has 1 unspecified atom stereocenters. The first-order chi connectivity index (χ1) is 17.3. The number of hydrogen-bond donors (Lipinski definition) is 3. The van der Waals surface area contributed by atoms with Crippen LogP contribution < -0.4 is 11.1 Å². The Hall–Kier alpha value is -3.97. The van der Waals surface area contributed by atoms with Gasteiger partial charge in [-0.1, -0.05) is 36.4 Å². The zero-order chi connectivity index (χ0) is 26.1. The van der Waals surface area contributed by atoms with Crippen molar-refractivity contribution in [3.63, 3.8) is 0 Å². The van der Waals surface area contributed by atoms with Gasteiger partial charge in [0.2, 0.25) is 12.3 Å². The molecule has 1 saturated heterocycles. The van der Waals surface area contributed by atoms with Gasteiger partial charge in [0.25, 0.3) is 0 Å². The molecule has 188 valence electrons. The van der Waals surface area contributed by atoms with Gasteiger partial charge in [0.05, 0.1) is 11.6 Å². The van der Waals surface area contributed by atoms with E-state index < -0.39 is 5.97 Å². The average molecular weight is 488 g/mol. The summed E-state index contributed by atoms with van der Waals surface area (Å²) in [5, 5.41) is 11.2. The molecule has 7 heteroatoms. The van der Waals surface area contributed by atoms with E-state index >= 15 is 0 Å². The number of likely N-dealkylation sites (tertiary alicyclic amines) is 1. The summed E-state index contributed by atoms with van der Waals surface area (Å²) in [5.74, 6) is -1.33. The van der Waals surface area contributed by atoms with Crippen LogP contribution in [0.15, 0.2) is 66.7 Å². The summed E-state index contributed by atoms with van der Waals surface area (Å²) >= 11 is 0. The predicted molar refractivity (Wildman–Crippen MR) is 141 cm³/mol. The van der Waals surface area contributed by atoms with Crippen molar-refractivity contribution in [2.75, 3.05) is 13.1 Å². The van der Waals surface area contributed by atoms with Gasteiger partial charge in [-0.05, 0) is 97.9 Å². The van der Waals surface area contributed by atoms with Gasteiger partial charge in [0.1, 0.15) is 0 Å². The highest BCUT2D eigenvalue weighted by atomic mass is 16.4. The summed E-state index contributed by atoms with van der Waals surface area (Å²) in [4.78, 5) is 34.5. The number of nitrogens with zero attached hydrogens (tertiary/aromatic N) is 1. The number of carboxylic acid groups (broad SMARTS) is 1. The standard InChI is InChI=1S/C19H22N2O.C10H11NO3/c1-14-11-17(19(20)22)7-8-18(14)16-6-4-5-15(12-16)13-21-9-2-3-10-21;1-7(11-6-12)8-2-4-9(5-3-8)10(13)14/h4-8,11-12H,2-3,9-10,13H2,1H3,(H2,20,22);2-7H,1H3,(H,11,12)(H,13,14). The lowest BCUT2D eigenvalue weighted by atomic mass is 9.97. The Kier molecular flexibility index (Phi) is 9.36. The number of nitrogens with one attached hydrogen (secondary N) is 1. The minimum Gasteiger partial charge on any atom is -0.478 e. The molecule has 4 rings (SSSR count). The highest BCUT2D eigenvalue weighted by Gasteiger charge is 2.13. The lowest BCUT2D eigenvalue weighted by Crippen LogP contribution is -2.18. The van der Waals surface area contributed by atoms with Crippen LogP contribution in [-0.2, 0) is 11.3 Å². The number of hydrogen-bond acceptors (Lipinski definition) is 4. The highest BCUT2D eigenvalue weighted by Crippen LogP contribution is 2.26. The van der Waals surface area contributed by atoms with Gasteiger partial charge in [0, 0.05) is 12.1 Å². The van der Waals surface area contributed by atoms with Crippen molar-refractivity contribution in [3.05, 3.63) is 94.5 Å². The fraction of sp³-hybridized carbons (Fsp3) is 0.276. The normalized spacial score (nSPS) is 13.8. The zero-order valence-electron chi connectivity index (χ0n) is 20.7. The minimum atomic E-state index is -0.951. The van der Waals surface area contributed by atoms with E-state index in [9.17, 15) is 14.4 Å². The number of carboxylic acids is 1. The molecule has 4 N–H and O–H groups in total. The largest absolute Gasteiger partial charge is 0.478 e. The van der Waals surface area contributed by atoms with Gasteiger partial charge in [0.15, 0.2) is 0 Å². The number of nitrogens with two attached hydrogens (primary N) is 1. The van der Waals surface area contributed by atoms with Gasteiger partial charge >= 0.3 is 5.97 Å². The second-order valence-corrected chi connectivity index (χ2v) is 9.01. The molecule has 0 aromatic heterocycles. The van der Waals surface area contributed by atoms with E-state index in [0.29, 0.717) is 12.0 Å². The topological polar surface area (TPSA) is 113 Å². The minimum absolute atomic E-state index is 0.102. The van der Waals surface area contributed by atoms with Crippen LogP contribution in [-0.4, -0.2) is 41.4 Å². The molecular weight excluding hydrogens is 454 g/mol. The summed E-state index contributed by atoms with van der Waals surface area (Å²) in [5.41, 5.74) is 11.8. The quantitative estimate of drug-likeness (QED) is 0.404. The van der Waals surface area contributed by atoms with Crippen molar-refractivity contribution < 1.29 is 19.5 Å². The maximum absolute atomic E-state index is 11.3. The fourth-order valence-corrected chi connectivity index (χ4v) is 4.29. The molecule has 36 heavy (non-hydrogen) atoms. The van der Waals surface area contributed by atoms with Crippen molar-refractivity contribution >= 4 is 18.3 Å². The van der Waals surface area contributed by atoms with Crippen LogP contribution in [0.2, 0.25) is 0 Å². The lowest BCUT2D eigenvalue weighted by molar-refractivity contribution is -0.110. The number of aryl methyl sites for hydroxylation is 1. The van der Waals surface area contributed by atoms with Crippen LogP contribution in [0, 0.1) is 6.92 Å². The number of amides is 2. The van der Waals surface area contributed by atoms with E-state index in [-0.39, 0.29) is 17.5 Å². The van der Waals surface area contributed by atoms with E-state index in [1.807, 2.05) is 26.0 Å². The van der Waals surface area contributed by atoms with Crippen LogP contribution in [0.3, 0.4) is 0 Å². The number of carbonyl (C=O) groups excluding carboxylic acids is 2. The van der Waals surface area contributed by atoms with E-state index in [0.717, 1.165) is 23.2 Å². The van der Waals surface area contributed by atoms with Crippen LogP contribution in [0.1, 0.15) is 63.2 Å². The van der Waals surface area contributed by atoms with E-state index in [1.165, 1.54) is 49.2 Å². The maximum Gasteiger partial charge on any atom is 0.335 e. The molecule has 1 atom stereocenters. The molecule has 0 radical (unpaired) electrons. The van der Waals surface area contributed by atoms with Gasteiger partial charge in [-0.25, -0.2) is 4.79 Å². The number of primary amides is 1. The SMILES string of the molecule is CC(NC=O)c1ccc(C(=O)O)cc1.Cc1cc(C(N)=O)ccc1-c1cccc(CN2CCCC2)c1. The van der Waals surface area contributed by atoms with E-state index in [2.05, 4.69) is 34.5 Å². The van der Waals surface area contributed by atoms with Crippen molar-refractivity contribution in [1.82, 2.24) is 10.2 Å². The first kappa shape index (κ1) is 26.6. The Bertz CT molecular complexity index is 1200. The summed E-state index contributed by atoms with van der Waals surface area (Å²) < 4.78 is 0. The van der Waals surface area contributed by atoms with Gasteiger partial charge in [-0.15, -0.1) is 0 Å². The Morgan fingerprint density at radius 1 is 1.03 bits per heavy atom. The number of rotatable bonds is 8. The second-order valence-electron chi connectivity index (χ2n) is 9.01. The molecular formula is C29H33N3O4. The molecule has 0 saturated carbocycles. The molecule has 1 fully saturated rings.